The first-order valence-electron chi connectivity index (χ1n) is 9.70. The van der Waals surface area contributed by atoms with Gasteiger partial charge in [0.25, 0.3) is 0 Å². The Morgan fingerprint density at radius 3 is 2.62 bits per heavy atom. The number of anilines is 1. The summed E-state index contributed by atoms with van der Waals surface area (Å²) in [6.07, 6.45) is 3.20. The molecule has 3 aromatic rings. The lowest BCUT2D eigenvalue weighted by Gasteiger charge is -2.32. The second-order valence-corrected chi connectivity index (χ2v) is 7.01. The predicted molar refractivity (Wildman–Crippen MR) is 111 cm³/mol. The van der Waals surface area contributed by atoms with Crippen LogP contribution in [0, 0.1) is 0 Å². The van der Waals surface area contributed by atoms with Gasteiger partial charge < -0.3 is 15.5 Å². The van der Waals surface area contributed by atoms with Crippen LogP contribution >= 0.6 is 0 Å². The molecule has 0 aliphatic carbocycles. The van der Waals surface area contributed by atoms with E-state index >= 15 is 0 Å². The van der Waals surface area contributed by atoms with Crippen molar-refractivity contribution in [1.82, 2.24) is 20.8 Å². The number of benzene rings is 2. The van der Waals surface area contributed by atoms with Crippen LogP contribution in [0.4, 0.5) is 10.5 Å². The number of amides is 3. The van der Waals surface area contributed by atoms with E-state index in [1.807, 2.05) is 60.7 Å². The normalized spacial score (nSPS) is 16.5. The van der Waals surface area contributed by atoms with E-state index in [-0.39, 0.29) is 11.9 Å². The van der Waals surface area contributed by atoms with Crippen LogP contribution in [0.3, 0.4) is 0 Å². The van der Waals surface area contributed by atoms with Crippen LogP contribution in [-0.2, 0) is 11.3 Å². The fraction of sp³-hybridized carbons (Fsp3) is 0.227. The molecule has 0 spiro atoms. The summed E-state index contributed by atoms with van der Waals surface area (Å²) in [5.41, 5.74) is 3.82. The Labute approximate surface area is 169 Å². The molecule has 7 heteroatoms. The summed E-state index contributed by atoms with van der Waals surface area (Å²) < 4.78 is 0. The van der Waals surface area contributed by atoms with Crippen LogP contribution in [-0.4, -0.2) is 34.7 Å². The molecular formula is C22H23N5O2. The zero-order valence-corrected chi connectivity index (χ0v) is 16.0. The molecule has 1 saturated heterocycles. The largest absolute Gasteiger partial charge is 0.334 e. The predicted octanol–water partition coefficient (Wildman–Crippen LogP) is 3.07. The van der Waals surface area contributed by atoms with Crippen molar-refractivity contribution in [2.45, 2.75) is 25.4 Å². The van der Waals surface area contributed by atoms with Gasteiger partial charge in [-0.2, -0.15) is 5.10 Å². The maximum Gasteiger partial charge on any atom is 0.315 e. The summed E-state index contributed by atoms with van der Waals surface area (Å²) in [6, 6.07) is 18.5. The van der Waals surface area contributed by atoms with Gasteiger partial charge in [-0.3, -0.25) is 9.89 Å². The van der Waals surface area contributed by atoms with Gasteiger partial charge >= 0.3 is 6.03 Å². The average Bonchev–Trinajstić information content (AvgIpc) is 3.30. The number of carbonyl (C=O) groups excluding carboxylic acids is 2. The molecule has 3 N–H and O–H groups in total. The number of piperidine rings is 1. The Bertz CT molecular complexity index is 955. The Kier molecular flexibility index (Phi) is 5.56. The molecule has 1 aliphatic rings. The average molecular weight is 389 g/mol. The van der Waals surface area contributed by atoms with Gasteiger partial charge in [0.2, 0.25) is 5.91 Å². The molecule has 4 rings (SSSR count). The number of nitrogens with zero attached hydrogens (tertiary/aromatic N) is 2. The van der Waals surface area contributed by atoms with Gasteiger partial charge in [-0.15, -0.1) is 0 Å². The first kappa shape index (κ1) is 18.7. The Hall–Kier alpha value is -3.61. The molecule has 1 atom stereocenters. The Morgan fingerprint density at radius 2 is 1.90 bits per heavy atom. The van der Waals surface area contributed by atoms with Gasteiger partial charge in [-0.05, 0) is 42.2 Å². The number of carbonyl (C=O) groups is 2. The quantitative estimate of drug-likeness (QED) is 0.626. The van der Waals surface area contributed by atoms with E-state index in [9.17, 15) is 9.59 Å². The van der Waals surface area contributed by atoms with E-state index in [2.05, 4.69) is 20.8 Å². The standard InChI is InChI=1S/C22H23N5O2/c28-21-20(7-4-14-27(21)18-5-2-1-3-6-18)25-22(29)23-15-16-8-10-17(11-9-16)19-12-13-24-26-19/h1-3,5-6,8-13,20H,4,7,14-15H2,(H,24,26)(H2,23,25,29). The number of hydrogen-bond acceptors (Lipinski definition) is 3. The number of urea groups is 1. The number of rotatable bonds is 5. The van der Waals surface area contributed by atoms with Crippen molar-refractivity contribution in [2.24, 2.45) is 0 Å². The Morgan fingerprint density at radius 1 is 1.10 bits per heavy atom. The third-order valence-electron chi connectivity index (χ3n) is 5.03. The van der Waals surface area contributed by atoms with Gasteiger partial charge in [-0.1, -0.05) is 42.5 Å². The highest BCUT2D eigenvalue weighted by Gasteiger charge is 2.30. The van der Waals surface area contributed by atoms with Crippen molar-refractivity contribution >= 4 is 17.6 Å². The van der Waals surface area contributed by atoms with Crippen LogP contribution in [0.15, 0.2) is 66.9 Å². The minimum Gasteiger partial charge on any atom is -0.334 e. The summed E-state index contributed by atoms with van der Waals surface area (Å²) in [6.45, 7) is 1.06. The smallest absolute Gasteiger partial charge is 0.315 e. The molecule has 29 heavy (non-hydrogen) atoms. The minimum absolute atomic E-state index is 0.0680. The van der Waals surface area contributed by atoms with Crippen LogP contribution in [0.5, 0.6) is 0 Å². The lowest BCUT2D eigenvalue weighted by Crippen LogP contribution is -2.54. The highest BCUT2D eigenvalue weighted by Crippen LogP contribution is 2.21. The maximum absolute atomic E-state index is 12.8. The second-order valence-electron chi connectivity index (χ2n) is 7.01. The monoisotopic (exact) mass is 389 g/mol. The van der Waals surface area contributed by atoms with Crippen LogP contribution < -0.4 is 15.5 Å². The summed E-state index contributed by atoms with van der Waals surface area (Å²) in [5.74, 6) is -0.0680. The number of aromatic nitrogens is 2. The molecule has 148 valence electrons. The van der Waals surface area contributed by atoms with Gasteiger partial charge in [0, 0.05) is 25.0 Å². The minimum atomic E-state index is -0.508. The van der Waals surface area contributed by atoms with Crippen molar-refractivity contribution in [1.29, 1.82) is 0 Å². The van der Waals surface area contributed by atoms with E-state index in [1.165, 1.54) is 0 Å². The molecule has 0 saturated carbocycles. The molecule has 7 nitrogen and oxygen atoms in total. The highest BCUT2D eigenvalue weighted by atomic mass is 16.2. The molecule has 0 radical (unpaired) electrons. The van der Waals surface area contributed by atoms with Crippen molar-refractivity contribution in [3.05, 3.63) is 72.4 Å². The Balaban J connectivity index is 1.30. The van der Waals surface area contributed by atoms with Crippen LogP contribution in [0.1, 0.15) is 18.4 Å². The van der Waals surface area contributed by atoms with Gasteiger partial charge in [0.05, 0.1) is 5.69 Å². The summed E-state index contributed by atoms with van der Waals surface area (Å²) >= 11 is 0. The van der Waals surface area contributed by atoms with Crippen molar-refractivity contribution in [2.75, 3.05) is 11.4 Å². The molecular weight excluding hydrogens is 366 g/mol. The first-order chi connectivity index (χ1) is 14.2. The van der Waals surface area contributed by atoms with Crippen LogP contribution in [0.2, 0.25) is 0 Å². The van der Waals surface area contributed by atoms with E-state index in [0.29, 0.717) is 19.5 Å². The number of para-hydroxylation sites is 1. The highest BCUT2D eigenvalue weighted by molar-refractivity contribution is 5.99. The molecule has 1 unspecified atom stereocenters. The fourth-order valence-corrected chi connectivity index (χ4v) is 3.48. The third kappa shape index (κ3) is 4.45. The fourth-order valence-electron chi connectivity index (χ4n) is 3.48. The van der Waals surface area contributed by atoms with Gasteiger partial charge in [0.15, 0.2) is 0 Å². The number of aromatic amines is 1. The number of hydrogen-bond donors (Lipinski definition) is 3. The lowest BCUT2D eigenvalue weighted by atomic mass is 10.0. The van der Waals surface area contributed by atoms with E-state index in [4.69, 9.17) is 0 Å². The third-order valence-corrected chi connectivity index (χ3v) is 5.03. The molecule has 1 aromatic heterocycles. The number of nitrogens with one attached hydrogen (secondary N) is 3. The molecule has 3 amide bonds. The number of H-pyrrole nitrogens is 1. The topological polar surface area (TPSA) is 90.1 Å². The lowest BCUT2D eigenvalue weighted by molar-refractivity contribution is -0.121. The zero-order valence-electron chi connectivity index (χ0n) is 16.0. The molecule has 2 heterocycles. The zero-order chi connectivity index (χ0) is 20.1. The summed E-state index contributed by atoms with van der Waals surface area (Å²) in [7, 11) is 0. The SMILES string of the molecule is O=C(NCc1ccc(-c2ccn[nH]2)cc1)NC1CCCN(c2ccccc2)C1=O. The van der Waals surface area contributed by atoms with E-state index in [1.54, 1.807) is 11.1 Å². The maximum atomic E-state index is 12.8. The van der Waals surface area contributed by atoms with Gasteiger partial charge in [0.1, 0.15) is 6.04 Å². The van der Waals surface area contributed by atoms with Gasteiger partial charge in [-0.25, -0.2) is 4.79 Å². The van der Waals surface area contributed by atoms with E-state index < -0.39 is 6.04 Å². The van der Waals surface area contributed by atoms with Crippen molar-refractivity contribution < 1.29 is 9.59 Å². The van der Waals surface area contributed by atoms with Crippen LogP contribution in [0.25, 0.3) is 11.3 Å². The summed E-state index contributed by atoms with van der Waals surface area (Å²) in [4.78, 5) is 26.8. The second kappa shape index (κ2) is 8.60. The molecule has 0 bridgehead atoms. The first-order valence-corrected chi connectivity index (χ1v) is 9.70. The van der Waals surface area contributed by atoms with E-state index in [0.717, 1.165) is 28.9 Å². The molecule has 1 fully saturated rings. The molecule has 2 aromatic carbocycles. The molecule has 1 aliphatic heterocycles. The van der Waals surface area contributed by atoms with Crippen molar-refractivity contribution in [3.63, 3.8) is 0 Å². The van der Waals surface area contributed by atoms with Crippen molar-refractivity contribution in [3.8, 4) is 11.3 Å². The summed E-state index contributed by atoms with van der Waals surface area (Å²) in [5, 5.41) is 12.5.